The molecule has 1 aromatic heterocycles. The Bertz CT molecular complexity index is 1140. The Kier molecular flexibility index (Phi) is 6.99. The minimum absolute atomic E-state index is 0.189. The molecule has 2 aromatic carbocycles. The number of amides is 1. The number of nitrogens with zero attached hydrogens (tertiary/aromatic N) is 3. The van der Waals surface area contributed by atoms with E-state index >= 15 is 0 Å². The van der Waals surface area contributed by atoms with Gasteiger partial charge in [0.25, 0.3) is 5.91 Å². The number of hydrogen-bond donors (Lipinski definition) is 0. The first-order valence-electron chi connectivity index (χ1n) is 11.0. The summed E-state index contributed by atoms with van der Waals surface area (Å²) in [6, 6.07) is 16.5. The predicted molar refractivity (Wildman–Crippen MR) is 126 cm³/mol. The zero-order valence-electron chi connectivity index (χ0n) is 18.7. The molecule has 3 aromatic rings. The first-order chi connectivity index (χ1) is 16.0. The topological polar surface area (TPSA) is 73.7 Å². The van der Waals surface area contributed by atoms with Crippen molar-refractivity contribution in [1.82, 2.24) is 14.7 Å². The highest BCUT2D eigenvalue weighted by molar-refractivity contribution is 6.33. The second-order valence-electron chi connectivity index (χ2n) is 7.85. The molecule has 0 bridgehead atoms. The van der Waals surface area contributed by atoms with Crippen LogP contribution in [0.3, 0.4) is 0 Å². The number of piperidine rings is 1. The van der Waals surface area contributed by atoms with Crippen LogP contribution in [0.15, 0.2) is 54.6 Å². The van der Waals surface area contributed by atoms with E-state index in [1.807, 2.05) is 42.5 Å². The quantitative estimate of drug-likeness (QED) is 0.495. The summed E-state index contributed by atoms with van der Waals surface area (Å²) < 4.78 is 12.1. The normalized spacial score (nSPS) is 15.8. The van der Waals surface area contributed by atoms with E-state index in [0.29, 0.717) is 48.3 Å². The monoisotopic (exact) mass is 467 g/mol. The molecule has 0 saturated carbocycles. The van der Waals surface area contributed by atoms with E-state index in [0.717, 1.165) is 17.7 Å². The van der Waals surface area contributed by atoms with Gasteiger partial charge in [0.05, 0.1) is 36.0 Å². The van der Waals surface area contributed by atoms with Gasteiger partial charge < -0.3 is 14.4 Å². The Balaban J connectivity index is 1.71. The molecular formula is C25H26ClN3O4. The Morgan fingerprint density at radius 3 is 2.61 bits per heavy atom. The van der Waals surface area contributed by atoms with Crippen LogP contribution in [-0.4, -0.2) is 53.4 Å². The molecule has 1 saturated heterocycles. The summed E-state index contributed by atoms with van der Waals surface area (Å²) in [5.74, 6) is -0.0532. The van der Waals surface area contributed by atoms with Gasteiger partial charge in [0.15, 0.2) is 0 Å². The van der Waals surface area contributed by atoms with Crippen LogP contribution in [0.1, 0.15) is 30.3 Å². The fourth-order valence-electron chi connectivity index (χ4n) is 4.03. The van der Waals surface area contributed by atoms with Crippen LogP contribution in [0.5, 0.6) is 5.75 Å². The number of esters is 1. The maximum Gasteiger partial charge on any atom is 0.310 e. The molecular weight excluding hydrogens is 442 g/mol. The zero-order valence-corrected chi connectivity index (χ0v) is 19.4. The van der Waals surface area contributed by atoms with Crippen molar-refractivity contribution < 1.29 is 19.1 Å². The molecule has 1 aliphatic heterocycles. The SMILES string of the molecule is CCOC(=O)C1CCCN(C(=O)c2cc(-c3ccccc3Cl)nn2-c2ccc(OC)cc2)C1. The lowest BCUT2D eigenvalue weighted by molar-refractivity contribution is -0.149. The van der Waals surface area contributed by atoms with E-state index in [9.17, 15) is 9.59 Å². The van der Waals surface area contributed by atoms with Gasteiger partial charge in [0, 0.05) is 18.7 Å². The van der Waals surface area contributed by atoms with Crippen molar-refractivity contribution in [3.63, 3.8) is 0 Å². The smallest absolute Gasteiger partial charge is 0.310 e. The van der Waals surface area contributed by atoms with Crippen molar-refractivity contribution in [3.05, 3.63) is 65.3 Å². The van der Waals surface area contributed by atoms with Gasteiger partial charge in [-0.15, -0.1) is 0 Å². The number of ether oxygens (including phenoxy) is 2. The van der Waals surface area contributed by atoms with E-state index in [-0.39, 0.29) is 17.8 Å². The standard InChI is InChI=1S/C25H26ClN3O4/c1-3-33-25(31)17-7-6-14-28(16-17)24(30)23-15-22(20-8-4-5-9-21(20)26)27-29(23)18-10-12-19(32-2)13-11-18/h4-5,8-13,15,17H,3,6-7,14,16H2,1-2H3. The van der Waals surface area contributed by atoms with Crippen molar-refractivity contribution in [2.75, 3.05) is 26.8 Å². The summed E-state index contributed by atoms with van der Waals surface area (Å²) >= 11 is 6.41. The van der Waals surface area contributed by atoms with Gasteiger partial charge in [-0.3, -0.25) is 9.59 Å². The Morgan fingerprint density at radius 1 is 1.15 bits per heavy atom. The fourth-order valence-corrected chi connectivity index (χ4v) is 4.26. The van der Waals surface area contributed by atoms with E-state index in [1.165, 1.54) is 0 Å². The van der Waals surface area contributed by atoms with E-state index in [2.05, 4.69) is 0 Å². The third-order valence-corrected chi connectivity index (χ3v) is 6.05. The molecule has 1 amide bonds. The molecule has 7 nitrogen and oxygen atoms in total. The molecule has 0 spiro atoms. The van der Waals surface area contributed by atoms with Crippen LogP contribution in [-0.2, 0) is 9.53 Å². The molecule has 1 aliphatic rings. The average molecular weight is 468 g/mol. The van der Waals surface area contributed by atoms with Crippen LogP contribution in [0.25, 0.3) is 16.9 Å². The van der Waals surface area contributed by atoms with E-state index in [1.54, 1.807) is 35.7 Å². The van der Waals surface area contributed by atoms with Gasteiger partial charge in [-0.05, 0) is 56.2 Å². The van der Waals surface area contributed by atoms with Crippen molar-refractivity contribution in [1.29, 1.82) is 0 Å². The lowest BCUT2D eigenvalue weighted by atomic mass is 9.98. The molecule has 1 unspecified atom stereocenters. The lowest BCUT2D eigenvalue weighted by Gasteiger charge is -2.31. The number of carbonyl (C=O) groups excluding carboxylic acids is 2. The van der Waals surface area contributed by atoms with Crippen LogP contribution < -0.4 is 4.74 Å². The van der Waals surface area contributed by atoms with Crippen LogP contribution in [0.4, 0.5) is 0 Å². The third kappa shape index (κ3) is 4.88. The van der Waals surface area contributed by atoms with Crippen LogP contribution >= 0.6 is 11.6 Å². The third-order valence-electron chi connectivity index (χ3n) is 5.72. The second kappa shape index (κ2) is 10.1. The lowest BCUT2D eigenvalue weighted by Crippen LogP contribution is -2.43. The Morgan fingerprint density at radius 2 is 1.91 bits per heavy atom. The number of carbonyl (C=O) groups is 2. The number of hydrogen-bond acceptors (Lipinski definition) is 5. The molecule has 4 rings (SSSR count). The van der Waals surface area contributed by atoms with Crippen LogP contribution in [0.2, 0.25) is 5.02 Å². The molecule has 0 N–H and O–H groups in total. The summed E-state index contributed by atoms with van der Waals surface area (Å²) in [4.78, 5) is 27.6. The largest absolute Gasteiger partial charge is 0.497 e. The first kappa shape index (κ1) is 22.9. The van der Waals surface area contributed by atoms with Crippen LogP contribution in [0, 0.1) is 5.92 Å². The highest BCUT2D eigenvalue weighted by atomic mass is 35.5. The van der Waals surface area contributed by atoms with E-state index < -0.39 is 0 Å². The molecule has 2 heterocycles. The highest BCUT2D eigenvalue weighted by Gasteiger charge is 2.31. The fraction of sp³-hybridized carbons (Fsp3) is 0.320. The number of halogens is 1. The summed E-state index contributed by atoms with van der Waals surface area (Å²) in [5.41, 5.74) is 2.46. The number of benzene rings is 2. The molecule has 33 heavy (non-hydrogen) atoms. The van der Waals surface area contributed by atoms with Gasteiger partial charge in [-0.2, -0.15) is 5.10 Å². The Labute approximate surface area is 197 Å². The number of rotatable bonds is 6. The number of methoxy groups -OCH3 is 1. The van der Waals surface area contributed by atoms with Crippen molar-refractivity contribution in [2.45, 2.75) is 19.8 Å². The minimum Gasteiger partial charge on any atom is -0.497 e. The predicted octanol–water partition coefficient (Wildman–Crippen LogP) is 4.62. The number of likely N-dealkylation sites (tertiary alicyclic amines) is 1. The summed E-state index contributed by atoms with van der Waals surface area (Å²) in [6.45, 7) is 3.01. The summed E-state index contributed by atoms with van der Waals surface area (Å²) in [7, 11) is 1.60. The van der Waals surface area contributed by atoms with Crippen molar-refractivity contribution >= 4 is 23.5 Å². The maximum atomic E-state index is 13.6. The summed E-state index contributed by atoms with van der Waals surface area (Å²) in [5, 5.41) is 5.27. The Hall–Kier alpha value is -3.32. The van der Waals surface area contributed by atoms with Crippen molar-refractivity contribution in [3.8, 4) is 22.7 Å². The molecule has 0 aliphatic carbocycles. The van der Waals surface area contributed by atoms with Gasteiger partial charge in [0.2, 0.25) is 0 Å². The van der Waals surface area contributed by atoms with Gasteiger partial charge in [-0.25, -0.2) is 4.68 Å². The number of aromatic nitrogens is 2. The van der Waals surface area contributed by atoms with Gasteiger partial charge >= 0.3 is 5.97 Å². The zero-order chi connectivity index (χ0) is 23.4. The molecule has 172 valence electrons. The highest BCUT2D eigenvalue weighted by Crippen LogP contribution is 2.30. The maximum absolute atomic E-state index is 13.6. The molecule has 1 fully saturated rings. The second-order valence-corrected chi connectivity index (χ2v) is 8.25. The minimum atomic E-state index is -0.317. The molecule has 1 atom stereocenters. The van der Waals surface area contributed by atoms with Crippen molar-refractivity contribution in [2.24, 2.45) is 5.92 Å². The molecule has 8 heteroatoms. The van der Waals surface area contributed by atoms with Gasteiger partial charge in [0.1, 0.15) is 11.4 Å². The van der Waals surface area contributed by atoms with Gasteiger partial charge in [-0.1, -0.05) is 29.8 Å². The summed E-state index contributed by atoms with van der Waals surface area (Å²) in [6.07, 6.45) is 1.45. The molecule has 0 radical (unpaired) electrons. The average Bonchev–Trinajstić information content (AvgIpc) is 3.29. The first-order valence-corrected chi connectivity index (χ1v) is 11.3. The van der Waals surface area contributed by atoms with E-state index in [4.69, 9.17) is 26.2 Å².